The van der Waals surface area contributed by atoms with Gasteiger partial charge in [0.15, 0.2) is 5.96 Å². The molecule has 0 saturated carbocycles. The van der Waals surface area contributed by atoms with E-state index in [0.29, 0.717) is 13.2 Å². The second-order valence-electron chi connectivity index (χ2n) is 5.34. The van der Waals surface area contributed by atoms with Crippen molar-refractivity contribution in [2.45, 2.75) is 26.3 Å². The summed E-state index contributed by atoms with van der Waals surface area (Å²) in [6.45, 7) is 2.81. The number of rotatable bonds is 4. The van der Waals surface area contributed by atoms with Gasteiger partial charge in [0.1, 0.15) is 12.0 Å². The number of nitrogens with zero attached hydrogens (tertiary/aromatic N) is 3. The van der Waals surface area contributed by atoms with Crippen molar-refractivity contribution >= 4 is 29.9 Å². The van der Waals surface area contributed by atoms with E-state index in [9.17, 15) is 0 Å². The Morgan fingerprint density at radius 3 is 2.87 bits per heavy atom. The molecule has 1 aliphatic heterocycles. The molecule has 0 spiro atoms. The van der Waals surface area contributed by atoms with Crippen LogP contribution < -0.4 is 5.32 Å². The van der Waals surface area contributed by atoms with Crippen molar-refractivity contribution in [3.8, 4) is 0 Å². The predicted octanol–water partition coefficient (Wildman–Crippen LogP) is 2.53. The molecule has 1 aromatic heterocycles. The highest BCUT2D eigenvalue weighted by atomic mass is 127. The number of aliphatic imine (C=N–C) groups is 1. The van der Waals surface area contributed by atoms with Crippen molar-refractivity contribution in [1.29, 1.82) is 0 Å². The highest BCUT2D eigenvalue weighted by Crippen LogP contribution is 2.20. The Bertz CT molecular complexity index is 658. The molecule has 23 heavy (non-hydrogen) atoms. The number of benzene rings is 1. The zero-order valence-electron chi connectivity index (χ0n) is 13.3. The fraction of sp³-hybridized carbons (Fsp3) is 0.375. The van der Waals surface area contributed by atoms with Crippen LogP contribution in [-0.4, -0.2) is 30.1 Å². The second-order valence-corrected chi connectivity index (χ2v) is 5.34. The number of aromatic nitrogens is 1. The maximum absolute atomic E-state index is 5.45. The average Bonchev–Trinajstić information content (AvgIpc) is 3.18. The van der Waals surface area contributed by atoms with Gasteiger partial charge in [0.05, 0.1) is 19.8 Å². The molecule has 2 heterocycles. The minimum absolute atomic E-state index is 0. The first-order valence-corrected chi connectivity index (χ1v) is 7.25. The third kappa shape index (κ3) is 4.44. The highest BCUT2D eigenvalue weighted by Gasteiger charge is 2.12. The van der Waals surface area contributed by atoms with Crippen molar-refractivity contribution in [2.75, 3.05) is 14.1 Å². The summed E-state index contributed by atoms with van der Waals surface area (Å²) in [5.74, 6) is 0.819. The lowest BCUT2D eigenvalue weighted by Crippen LogP contribution is -2.38. The van der Waals surface area contributed by atoms with Gasteiger partial charge in [-0.3, -0.25) is 4.99 Å². The molecule has 6 nitrogen and oxygen atoms in total. The number of nitrogens with one attached hydrogen (secondary N) is 1. The maximum atomic E-state index is 5.45. The molecule has 0 bridgehead atoms. The van der Waals surface area contributed by atoms with Gasteiger partial charge in [-0.2, -0.15) is 0 Å². The lowest BCUT2D eigenvalue weighted by Gasteiger charge is -2.21. The van der Waals surface area contributed by atoms with E-state index >= 15 is 0 Å². The lowest BCUT2D eigenvalue weighted by molar-refractivity contribution is 0.134. The topological polar surface area (TPSA) is 62.9 Å². The van der Waals surface area contributed by atoms with Crippen LogP contribution in [0.25, 0.3) is 0 Å². The Hall–Kier alpha value is -1.61. The summed E-state index contributed by atoms with van der Waals surface area (Å²) in [7, 11) is 3.75. The number of halogens is 1. The fourth-order valence-electron chi connectivity index (χ4n) is 2.54. The molecule has 124 valence electrons. The Labute approximate surface area is 152 Å². The third-order valence-electron chi connectivity index (χ3n) is 3.70. The smallest absolute Gasteiger partial charge is 0.194 e. The molecule has 7 heteroatoms. The number of ether oxygens (including phenoxy) is 1. The highest BCUT2D eigenvalue weighted by molar-refractivity contribution is 14.0. The molecule has 0 radical (unpaired) electrons. The summed E-state index contributed by atoms with van der Waals surface area (Å²) in [6.07, 6.45) is 1.58. The zero-order valence-corrected chi connectivity index (χ0v) is 15.6. The normalized spacial score (nSPS) is 13.4. The van der Waals surface area contributed by atoms with E-state index in [1.165, 1.54) is 16.7 Å². The van der Waals surface area contributed by atoms with E-state index in [1.54, 1.807) is 13.3 Å². The molecule has 1 N–H and O–H groups in total. The quantitative estimate of drug-likeness (QED) is 0.461. The molecular formula is C16H21IN4O2. The van der Waals surface area contributed by atoms with Crippen molar-refractivity contribution < 1.29 is 9.26 Å². The summed E-state index contributed by atoms with van der Waals surface area (Å²) in [4.78, 5) is 6.31. The van der Waals surface area contributed by atoms with E-state index in [0.717, 1.165) is 24.8 Å². The molecule has 1 aromatic carbocycles. The van der Waals surface area contributed by atoms with Crippen LogP contribution in [0.4, 0.5) is 0 Å². The molecule has 0 fully saturated rings. The summed E-state index contributed by atoms with van der Waals surface area (Å²) in [5, 5.41) is 7.28. The van der Waals surface area contributed by atoms with E-state index in [2.05, 4.69) is 33.7 Å². The number of hydrogen-bond donors (Lipinski definition) is 1. The standard InChI is InChI=1S/C16H20N4O2.HI/c1-17-16(20(2)9-15-5-6-22-19-15)18-8-12-3-4-13-10-21-11-14(13)7-12;/h3-7H,8-11H2,1-2H3,(H,17,18);1H. The minimum Gasteiger partial charge on any atom is -0.372 e. The molecule has 2 aromatic rings. The number of fused-ring (bicyclic) bond motifs is 1. The first kappa shape index (κ1) is 17.7. The average molecular weight is 428 g/mol. The van der Waals surface area contributed by atoms with Crippen LogP contribution in [0, 0.1) is 0 Å². The zero-order chi connectivity index (χ0) is 15.4. The van der Waals surface area contributed by atoms with Gasteiger partial charge in [-0.05, 0) is 16.7 Å². The van der Waals surface area contributed by atoms with Crippen LogP contribution in [0.15, 0.2) is 40.0 Å². The summed E-state index contributed by atoms with van der Waals surface area (Å²) < 4.78 is 10.3. The Morgan fingerprint density at radius 2 is 2.13 bits per heavy atom. The summed E-state index contributed by atoms with van der Waals surface area (Å²) >= 11 is 0. The van der Waals surface area contributed by atoms with Gasteiger partial charge in [0.2, 0.25) is 0 Å². The van der Waals surface area contributed by atoms with Gasteiger partial charge in [0.25, 0.3) is 0 Å². The van der Waals surface area contributed by atoms with Gasteiger partial charge in [-0.25, -0.2) is 0 Å². The Balaban J connectivity index is 0.00000192. The van der Waals surface area contributed by atoms with E-state index in [-0.39, 0.29) is 24.0 Å². The lowest BCUT2D eigenvalue weighted by atomic mass is 10.1. The van der Waals surface area contributed by atoms with Crippen molar-refractivity contribution in [3.05, 3.63) is 52.9 Å². The first-order valence-electron chi connectivity index (χ1n) is 7.25. The van der Waals surface area contributed by atoms with Crippen LogP contribution in [0.2, 0.25) is 0 Å². The Morgan fingerprint density at radius 1 is 1.30 bits per heavy atom. The van der Waals surface area contributed by atoms with Gasteiger partial charge in [-0.15, -0.1) is 24.0 Å². The fourth-order valence-corrected chi connectivity index (χ4v) is 2.54. The summed E-state index contributed by atoms with van der Waals surface area (Å²) in [5.41, 5.74) is 4.67. The molecule has 1 aliphatic rings. The SMILES string of the molecule is CN=C(NCc1ccc2c(c1)COC2)N(C)Cc1ccon1.I. The van der Waals surface area contributed by atoms with Crippen molar-refractivity contribution in [3.63, 3.8) is 0 Å². The van der Waals surface area contributed by atoms with Gasteiger partial charge in [-0.1, -0.05) is 23.4 Å². The Kier molecular flexibility index (Phi) is 6.40. The first-order chi connectivity index (χ1) is 10.8. The van der Waals surface area contributed by atoms with Crippen LogP contribution in [0.1, 0.15) is 22.4 Å². The molecule has 0 atom stereocenters. The van der Waals surface area contributed by atoms with Gasteiger partial charge >= 0.3 is 0 Å². The van der Waals surface area contributed by atoms with Gasteiger partial charge in [0, 0.05) is 26.7 Å². The monoisotopic (exact) mass is 428 g/mol. The second kappa shape index (κ2) is 8.30. The molecule has 0 aliphatic carbocycles. The van der Waals surface area contributed by atoms with Crippen LogP contribution in [0.5, 0.6) is 0 Å². The molecular weight excluding hydrogens is 407 g/mol. The molecule has 0 unspecified atom stereocenters. The van der Waals surface area contributed by atoms with Crippen LogP contribution in [0.3, 0.4) is 0 Å². The van der Waals surface area contributed by atoms with Crippen LogP contribution >= 0.6 is 24.0 Å². The van der Waals surface area contributed by atoms with Crippen LogP contribution in [-0.2, 0) is 31.0 Å². The van der Waals surface area contributed by atoms with E-state index in [1.807, 2.05) is 18.0 Å². The molecule has 3 rings (SSSR count). The molecule has 0 amide bonds. The van der Waals surface area contributed by atoms with Crippen molar-refractivity contribution in [2.24, 2.45) is 4.99 Å². The molecule has 0 saturated heterocycles. The predicted molar refractivity (Wildman–Crippen MR) is 98.5 cm³/mol. The number of hydrogen-bond acceptors (Lipinski definition) is 4. The maximum Gasteiger partial charge on any atom is 0.194 e. The summed E-state index contributed by atoms with van der Waals surface area (Å²) in [6, 6.07) is 8.32. The largest absolute Gasteiger partial charge is 0.372 e. The minimum atomic E-state index is 0. The van der Waals surface area contributed by atoms with E-state index < -0.39 is 0 Å². The van der Waals surface area contributed by atoms with Gasteiger partial charge < -0.3 is 19.5 Å². The third-order valence-corrected chi connectivity index (χ3v) is 3.70. The van der Waals surface area contributed by atoms with E-state index in [4.69, 9.17) is 9.26 Å². The number of guanidine groups is 1. The van der Waals surface area contributed by atoms with Crippen molar-refractivity contribution in [1.82, 2.24) is 15.4 Å².